The Balaban J connectivity index is -0.000000106. The number of likely N-dealkylation sites (tertiary alicyclic amines) is 2. The summed E-state index contributed by atoms with van der Waals surface area (Å²) in [5, 5.41) is 0. The van der Waals surface area contributed by atoms with Gasteiger partial charge in [0.1, 0.15) is 5.78 Å². The third kappa shape index (κ3) is 46.9. The number of nitrogens with zero attached hydrogens (tertiary/aromatic N) is 6. The molecule has 2 aliphatic rings. The average Bonchev–Trinajstić information content (AvgIpc) is 1.29. The maximum atomic E-state index is 13.4. The van der Waals surface area contributed by atoms with Gasteiger partial charge in [0.25, 0.3) is 0 Å². The van der Waals surface area contributed by atoms with Crippen molar-refractivity contribution in [3.05, 3.63) is 26.3 Å². The molecule has 0 radical (unpaired) electrons. The quantitative estimate of drug-likeness (QED) is 0.0337. The van der Waals surface area contributed by atoms with E-state index in [0.29, 0.717) is 71.0 Å². The van der Waals surface area contributed by atoms with Gasteiger partial charge in [0.05, 0.1) is 22.2 Å². The molecule has 0 amide bonds. The van der Waals surface area contributed by atoms with Crippen molar-refractivity contribution in [2.45, 2.75) is 452 Å². The second-order valence-electron chi connectivity index (χ2n) is 29.9. The van der Waals surface area contributed by atoms with Gasteiger partial charge in [-0.05, 0) is 155 Å². The zero-order chi connectivity index (χ0) is 83.7. The molecule has 12 nitrogen and oxygen atoms in total. The molecule has 0 aromatic carbocycles. The van der Waals surface area contributed by atoms with Crippen LogP contribution in [0.2, 0.25) is 0 Å². The summed E-state index contributed by atoms with van der Waals surface area (Å²) < 4.78 is 0. The monoisotopic (exact) mass is 1530 g/mol. The Morgan fingerprint density at radius 3 is 0.904 bits per heavy atom. The Morgan fingerprint density at radius 2 is 0.683 bits per heavy atom. The van der Waals surface area contributed by atoms with Crippen LogP contribution in [0.5, 0.6) is 0 Å². The first kappa shape index (κ1) is 131. The van der Waals surface area contributed by atoms with Crippen molar-refractivity contribution in [3.63, 3.8) is 0 Å². The van der Waals surface area contributed by atoms with Gasteiger partial charge in [0.15, 0.2) is 23.1 Å². The fraction of sp³-hybridized carbons (Fsp3) is 0.889. The van der Waals surface area contributed by atoms with Crippen molar-refractivity contribution in [1.82, 2.24) is 29.4 Å². The molecule has 620 valence electrons. The zero-order valence-corrected chi connectivity index (χ0v) is 86.4. The molecule has 14 heteroatoms. The standard InChI is InChI=1S/2C26H51N2O2.2C11H20NO.8C2H6.2K/c2*1-13-16-26(24(30)20(4)5,28(12)22(8)9)18-15-14-17-25(10,23(29)19(2)3)27(11)21(6)7;2*1-8(2)11(13)10-6-5-7-12(10)9(3)4;8*1-2;;/h2*19-22H,1,13-18H2,2-12H3;8-9H,5-7H2,1-4H3;5,8-10H,6-7H2,1-4H3;8*1-2H3;;/q4*-1;;;;;;;;;2*+1. The normalized spacial score (nSPS) is 15.6. The first-order valence-electron chi connectivity index (χ1n) is 42.4. The summed E-state index contributed by atoms with van der Waals surface area (Å²) in [5.41, 5.74) is -1.87. The molecular formula is C90H190K2N6O6-2. The van der Waals surface area contributed by atoms with E-state index in [4.69, 9.17) is 0 Å². The Labute approximate surface area is 742 Å². The molecule has 5 atom stereocenters. The number of hydrogen-bond acceptors (Lipinski definition) is 12. The van der Waals surface area contributed by atoms with E-state index in [0.717, 1.165) is 115 Å². The Hall–Kier alpha value is 0.923. The van der Waals surface area contributed by atoms with Crippen LogP contribution >= 0.6 is 0 Å². The van der Waals surface area contributed by atoms with E-state index >= 15 is 0 Å². The third-order valence-electron chi connectivity index (χ3n) is 19.6. The van der Waals surface area contributed by atoms with E-state index in [9.17, 15) is 28.8 Å². The van der Waals surface area contributed by atoms with E-state index in [1.165, 1.54) is 0 Å². The zero-order valence-electron chi connectivity index (χ0n) is 80.2. The number of unbranched alkanes of at least 4 members (excludes halogenated alkanes) is 2. The number of rotatable bonds is 36. The largest absolute Gasteiger partial charge is 1.00 e. The van der Waals surface area contributed by atoms with Crippen LogP contribution in [-0.2, 0) is 28.8 Å². The summed E-state index contributed by atoms with van der Waals surface area (Å²) in [5.74, 6) is 2.31. The van der Waals surface area contributed by atoms with Gasteiger partial charge < -0.3 is 34.9 Å². The molecule has 0 aromatic rings. The van der Waals surface area contributed by atoms with E-state index < -0.39 is 22.2 Å². The number of Topliss-reactive ketones (excluding diaryl/α,β-unsaturated/α-hetero) is 6. The minimum absolute atomic E-state index is 0. The molecule has 0 aliphatic carbocycles. The fourth-order valence-electron chi connectivity index (χ4n) is 13.3. The second-order valence-corrected chi connectivity index (χ2v) is 29.9. The van der Waals surface area contributed by atoms with Crippen molar-refractivity contribution >= 4 is 34.7 Å². The topological polar surface area (TPSA) is 122 Å². The van der Waals surface area contributed by atoms with Gasteiger partial charge in [0.2, 0.25) is 0 Å². The SMILES string of the molecule is CC.CC.CC.CC.CC.CC.CC.CC.CC(C)C(=O)C1C[CH-]CN1C(C)C.CC(C)C(=O)[C-]1CCCN1C(C)C.[CH2-]CCC(CCCCC(C)(C(=O)C(C)C)N(C)C(C)C)(C(=O)C(C)C)N(C)C(C)C.[CH2-]CCC(CCCCC(C)(C(=O)C(C)C)N(C)C(C)C)(C(=O)C(C)C)N(C)C(C)C.[K+].[K+]. The molecule has 0 aromatic heterocycles. The molecule has 104 heavy (non-hydrogen) atoms. The number of ketones is 6. The van der Waals surface area contributed by atoms with Gasteiger partial charge in [-0.3, -0.25) is 43.6 Å². The van der Waals surface area contributed by atoms with Crippen LogP contribution in [0.1, 0.15) is 387 Å². The minimum atomic E-state index is -0.469. The second kappa shape index (κ2) is 75.3. The molecule has 0 N–H and O–H groups in total. The van der Waals surface area contributed by atoms with Crippen LogP contribution in [0, 0.1) is 61.8 Å². The van der Waals surface area contributed by atoms with Gasteiger partial charge in [-0.15, -0.1) is 13.0 Å². The molecule has 2 aliphatic heterocycles. The maximum absolute atomic E-state index is 13.4. The van der Waals surface area contributed by atoms with Crippen LogP contribution in [0.4, 0.5) is 0 Å². The molecule has 5 unspecified atom stereocenters. The predicted octanol–water partition coefficient (Wildman–Crippen LogP) is 17.9. The summed E-state index contributed by atoms with van der Waals surface area (Å²) in [6.07, 6.45) is 15.4. The van der Waals surface area contributed by atoms with Crippen molar-refractivity contribution in [3.8, 4) is 0 Å². The van der Waals surface area contributed by atoms with Gasteiger partial charge in [0, 0.05) is 71.6 Å². The number of hydrogen-bond donors (Lipinski definition) is 0. The van der Waals surface area contributed by atoms with Crippen LogP contribution in [-0.4, -0.2) is 170 Å². The van der Waals surface area contributed by atoms with Crippen molar-refractivity contribution in [1.29, 1.82) is 0 Å². The third-order valence-corrected chi connectivity index (χ3v) is 19.6. The molecular weight excluding hydrogens is 1340 g/mol. The number of likely N-dealkylation sites (N-methyl/N-ethyl adjacent to an activating group) is 4. The van der Waals surface area contributed by atoms with Crippen LogP contribution < -0.4 is 103 Å². The minimum Gasteiger partial charge on any atom is -0.429 e. The van der Waals surface area contributed by atoms with E-state index in [2.05, 4.69) is 175 Å². The summed E-state index contributed by atoms with van der Waals surface area (Å²) in [6.45, 7) is 96.1. The van der Waals surface area contributed by atoms with Gasteiger partial charge in [-0.25, -0.2) is 6.04 Å². The van der Waals surface area contributed by atoms with Crippen LogP contribution in [0.15, 0.2) is 0 Å². The van der Waals surface area contributed by atoms with E-state index in [1.807, 2.05) is 194 Å². The van der Waals surface area contributed by atoms with Gasteiger partial charge in [-0.1, -0.05) is 253 Å². The Bertz CT molecular complexity index is 1860. The predicted molar refractivity (Wildman–Crippen MR) is 459 cm³/mol. The summed E-state index contributed by atoms with van der Waals surface area (Å²) in [6, 6.07) is 3.35. The summed E-state index contributed by atoms with van der Waals surface area (Å²) in [4.78, 5) is 90.0. The number of carbonyl (C=O) groups is 6. The number of carbonyl (C=O) groups excluding carboxylic acids is 6. The van der Waals surface area contributed by atoms with Crippen molar-refractivity contribution < 1.29 is 132 Å². The fourth-order valence-corrected chi connectivity index (χ4v) is 13.3. The first-order valence-corrected chi connectivity index (χ1v) is 42.4. The summed E-state index contributed by atoms with van der Waals surface area (Å²) >= 11 is 0. The average molecular weight is 1530 g/mol. The smallest absolute Gasteiger partial charge is 0.429 e. The molecule has 2 rings (SSSR count). The van der Waals surface area contributed by atoms with Gasteiger partial charge >= 0.3 is 103 Å². The van der Waals surface area contributed by atoms with Crippen LogP contribution in [0.3, 0.4) is 0 Å². The summed E-state index contributed by atoms with van der Waals surface area (Å²) in [7, 11) is 8.29. The molecule has 0 bridgehead atoms. The van der Waals surface area contributed by atoms with Gasteiger partial charge in [-0.2, -0.15) is 19.3 Å². The maximum Gasteiger partial charge on any atom is 1.00 e. The molecule has 2 heterocycles. The van der Waals surface area contributed by atoms with Crippen molar-refractivity contribution in [2.75, 3.05) is 41.3 Å². The van der Waals surface area contributed by atoms with E-state index in [1.54, 1.807) is 0 Å². The Kier molecular flexibility index (Phi) is 95.0. The Morgan fingerprint density at radius 1 is 0.404 bits per heavy atom. The molecule has 0 spiro atoms. The first-order chi connectivity index (χ1) is 47.4. The van der Waals surface area contributed by atoms with Crippen LogP contribution in [0.25, 0.3) is 0 Å². The van der Waals surface area contributed by atoms with Crippen molar-refractivity contribution in [2.24, 2.45) is 35.5 Å². The molecule has 2 saturated heterocycles. The van der Waals surface area contributed by atoms with E-state index in [-0.39, 0.29) is 144 Å². The molecule has 2 fully saturated rings. The molecule has 0 saturated carbocycles.